The third-order valence-electron chi connectivity index (χ3n) is 0.827. The van der Waals surface area contributed by atoms with Gasteiger partial charge in [0.15, 0.2) is 34.7 Å². The summed E-state index contributed by atoms with van der Waals surface area (Å²) in [7, 11) is -5.17. The first kappa shape index (κ1) is 74.5. The molecule has 16 heteroatoms. The van der Waals surface area contributed by atoms with Crippen molar-refractivity contribution in [2.24, 2.45) is 0 Å². The van der Waals surface area contributed by atoms with Gasteiger partial charge in [-0.3, -0.25) is 8.42 Å². The molecule has 0 aromatic heterocycles. The SMILES string of the molecule is C.C1CCOC1.N.N.O=S(=O)([O-])[O-].[AlH3].[AlH3].[B].[B].[Li+].[Li+].[Li][Li]. The Kier molecular flexibility index (Phi) is 201. The second kappa shape index (κ2) is 56.6. The predicted octanol–water partition coefficient (Wildman–Crippen LogP) is -9.46. The van der Waals surface area contributed by atoms with Crippen LogP contribution in [0.25, 0.3) is 0 Å². The molecule has 6 N–H and O–H groups in total. The van der Waals surface area contributed by atoms with E-state index in [0.29, 0.717) is 0 Å². The van der Waals surface area contributed by atoms with E-state index in [0.717, 1.165) is 13.2 Å². The zero-order valence-corrected chi connectivity index (χ0v) is 12.7. The van der Waals surface area contributed by atoms with Gasteiger partial charge in [0.2, 0.25) is 0 Å². The van der Waals surface area contributed by atoms with Crippen LogP contribution in [0.1, 0.15) is 20.3 Å². The standard InChI is InChI=1S/C4H8O.CH4.2Al.2B.4Li.2H3N.H2O4S.6H/c1-2-4-5-3-1;;;;;;;;;;;;1-5(2,3)4;;;;;;/h1-4H2;1H4;;;;;;;;;2*1H3;(H2,1,2,3,4);;;;;;/q;;;;;;;;2*+1;;;;;;;;;/p-2. The molecule has 1 fully saturated rings. The summed E-state index contributed by atoms with van der Waals surface area (Å²) in [6, 6.07) is 0. The Labute approximate surface area is 196 Å². The van der Waals surface area contributed by atoms with Gasteiger partial charge < -0.3 is 26.1 Å². The fourth-order valence-corrected chi connectivity index (χ4v) is 0.510. The molecule has 1 aliphatic rings. The van der Waals surface area contributed by atoms with E-state index in [1.165, 1.54) is 12.8 Å². The Balaban J connectivity index is -0.00000000683. The average Bonchev–Trinajstić information content (AvgIpc) is 2.41. The molecule has 1 saturated heterocycles. The first-order valence-corrected chi connectivity index (χ1v) is 5.08. The fourth-order valence-electron chi connectivity index (χ4n) is 0.510. The van der Waals surface area contributed by atoms with Crippen molar-refractivity contribution in [3.63, 3.8) is 0 Å². The van der Waals surface area contributed by atoms with Gasteiger partial charge in [0, 0.05) is 40.4 Å². The maximum atomic E-state index is 8.52. The summed E-state index contributed by atoms with van der Waals surface area (Å²) in [6.07, 6.45) is 2.56. The molecule has 0 unspecified atom stereocenters. The second-order valence-corrected chi connectivity index (χ2v) is 2.54. The number of hydrogen-bond acceptors (Lipinski definition) is 7. The van der Waals surface area contributed by atoms with Crippen molar-refractivity contribution in [2.75, 3.05) is 13.2 Å². The van der Waals surface area contributed by atoms with Crippen molar-refractivity contribution in [1.82, 2.24) is 12.3 Å². The molecule has 0 saturated carbocycles. The summed E-state index contributed by atoms with van der Waals surface area (Å²) in [4.78, 5) is 0. The van der Waals surface area contributed by atoms with Crippen LogP contribution in [0.15, 0.2) is 0 Å². The Hall–Kier alpha value is 3.33. The van der Waals surface area contributed by atoms with Gasteiger partial charge in [-0.25, -0.2) is 0 Å². The summed E-state index contributed by atoms with van der Waals surface area (Å²) in [5.74, 6) is 0. The molecule has 7 nitrogen and oxygen atoms in total. The van der Waals surface area contributed by atoms with Crippen LogP contribution < -0.4 is 50.0 Å². The zero-order valence-electron chi connectivity index (χ0n) is 11.8. The van der Waals surface area contributed by atoms with Gasteiger partial charge in [-0.15, -0.1) is 0 Å². The molecule has 1 heterocycles. The van der Waals surface area contributed by atoms with Gasteiger partial charge in [0.25, 0.3) is 0 Å². The van der Waals surface area contributed by atoms with Crippen LogP contribution >= 0.6 is 0 Å². The minimum absolute atomic E-state index is 0. The zero-order chi connectivity index (χ0) is 10.0. The molecule has 0 aromatic carbocycles. The first-order valence-electron chi connectivity index (χ1n) is 3.74. The molecule has 0 spiro atoms. The molecule has 0 bridgehead atoms. The van der Waals surface area contributed by atoms with E-state index in [2.05, 4.69) is 0 Å². The number of ether oxygens (including phenoxy) is 1. The normalized spacial score (nSPS) is 8.86. The molecular formula is C5H24Al2B2Li4N2O5S. The van der Waals surface area contributed by atoms with Gasteiger partial charge in [-0.05, 0) is 12.8 Å². The van der Waals surface area contributed by atoms with E-state index in [1.807, 2.05) is 30.8 Å². The van der Waals surface area contributed by atoms with E-state index in [1.54, 1.807) is 0 Å². The van der Waals surface area contributed by atoms with E-state index in [9.17, 15) is 0 Å². The summed E-state index contributed by atoms with van der Waals surface area (Å²) >= 11 is 4.00. The third-order valence-corrected chi connectivity index (χ3v) is 0.827. The molecule has 0 aliphatic carbocycles. The molecule has 6 radical (unpaired) electrons. The molecule has 0 amide bonds. The molecule has 0 aromatic rings. The molecule has 21 heavy (non-hydrogen) atoms. The maximum absolute atomic E-state index is 8.52. The van der Waals surface area contributed by atoms with Gasteiger partial charge in [0.1, 0.15) is 0 Å². The van der Waals surface area contributed by atoms with Crippen LogP contribution in [-0.2, 0) is 15.1 Å². The van der Waals surface area contributed by atoms with Crippen LogP contribution in [0.5, 0.6) is 0 Å². The predicted molar refractivity (Wildman–Crippen MR) is 90.2 cm³/mol. The summed E-state index contributed by atoms with van der Waals surface area (Å²) < 4.78 is 39.0. The van der Waals surface area contributed by atoms with Crippen molar-refractivity contribution in [2.45, 2.75) is 20.3 Å². The van der Waals surface area contributed by atoms with E-state index in [-0.39, 0.29) is 109 Å². The number of hydrogen-bond donors (Lipinski definition) is 2. The number of rotatable bonds is 0. The second-order valence-electron chi connectivity index (χ2n) is 1.73. The summed E-state index contributed by atoms with van der Waals surface area (Å²) in [5, 5.41) is 0. The van der Waals surface area contributed by atoms with Crippen molar-refractivity contribution >= 4 is 92.7 Å². The van der Waals surface area contributed by atoms with Crippen LogP contribution in [0.4, 0.5) is 0 Å². The third kappa shape index (κ3) is 153. The quantitative estimate of drug-likeness (QED) is 0.254. The van der Waals surface area contributed by atoms with Crippen molar-refractivity contribution in [1.29, 1.82) is 0 Å². The molecule has 1 aliphatic heterocycles. The van der Waals surface area contributed by atoms with Crippen LogP contribution in [-0.4, -0.2) is 113 Å². The van der Waals surface area contributed by atoms with Crippen LogP contribution in [0.2, 0.25) is 0 Å². The minimum atomic E-state index is -5.17. The molecule has 106 valence electrons. The monoisotopic (exact) mass is 328 g/mol. The average molecular weight is 328 g/mol. The Bertz CT molecular complexity index is 182. The summed E-state index contributed by atoms with van der Waals surface area (Å²) in [6.45, 7) is 2.00. The van der Waals surface area contributed by atoms with E-state index >= 15 is 0 Å². The van der Waals surface area contributed by atoms with Crippen molar-refractivity contribution in [3.8, 4) is 0 Å². The van der Waals surface area contributed by atoms with E-state index < -0.39 is 10.4 Å². The van der Waals surface area contributed by atoms with Gasteiger partial charge >= 0.3 is 68.5 Å². The fraction of sp³-hybridized carbons (Fsp3) is 1.00. The molecule has 0 atom stereocenters. The van der Waals surface area contributed by atoms with Gasteiger partial charge in [-0.2, -0.15) is 0 Å². The van der Waals surface area contributed by atoms with Crippen LogP contribution in [0.3, 0.4) is 0 Å². The first-order chi connectivity index (χ1) is 5.50. The van der Waals surface area contributed by atoms with Crippen LogP contribution in [0, 0.1) is 0 Å². The molecule has 1 rings (SSSR count). The Morgan fingerprint density at radius 3 is 1.05 bits per heavy atom. The van der Waals surface area contributed by atoms with Crippen molar-refractivity contribution in [3.05, 3.63) is 0 Å². The Morgan fingerprint density at radius 1 is 0.857 bits per heavy atom. The van der Waals surface area contributed by atoms with Gasteiger partial charge in [0.05, 0.1) is 0 Å². The molecular weight excluding hydrogens is 303 g/mol. The van der Waals surface area contributed by atoms with E-state index in [4.69, 9.17) is 22.3 Å². The summed E-state index contributed by atoms with van der Waals surface area (Å²) in [5.41, 5.74) is 0. The van der Waals surface area contributed by atoms with Crippen molar-refractivity contribution < 1.29 is 60.0 Å². The Morgan fingerprint density at radius 2 is 1.00 bits per heavy atom. The topological polar surface area (TPSA) is 159 Å². The van der Waals surface area contributed by atoms with Gasteiger partial charge in [-0.1, -0.05) is 7.43 Å².